The van der Waals surface area contributed by atoms with Crippen LogP contribution in [-0.4, -0.2) is 30.5 Å². The van der Waals surface area contributed by atoms with Crippen LogP contribution in [0.5, 0.6) is 0 Å². The van der Waals surface area contributed by atoms with Crippen molar-refractivity contribution in [1.29, 1.82) is 0 Å². The Morgan fingerprint density at radius 3 is 2.20 bits per heavy atom. The molecule has 2 aromatic rings. The molecule has 0 saturated carbocycles. The van der Waals surface area contributed by atoms with Crippen LogP contribution in [0, 0.1) is 0 Å². The molecule has 130 valence electrons. The number of amides is 1. The van der Waals surface area contributed by atoms with Crippen molar-refractivity contribution in [1.82, 2.24) is 5.32 Å². The highest BCUT2D eigenvalue weighted by molar-refractivity contribution is 8.19. The molecule has 6 heteroatoms. The Morgan fingerprint density at radius 2 is 1.60 bits per heavy atom. The second-order valence-corrected chi connectivity index (χ2v) is 8.29. The van der Waals surface area contributed by atoms with Crippen molar-refractivity contribution < 1.29 is 14.3 Å². The van der Waals surface area contributed by atoms with Crippen LogP contribution < -0.4 is 5.32 Å². The van der Waals surface area contributed by atoms with Gasteiger partial charge < -0.3 is 10.1 Å². The Labute approximate surface area is 155 Å². The van der Waals surface area contributed by atoms with Crippen LogP contribution in [0.15, 0.2) is 48.5 Å². The van der Waals surface area contributed by atoms with Gasteiger partial charge in [-0.15, -0.1) is 23.5 Å². The average molecular weight is 373 g/mol. The first kappa shape index (κ1) is 17.9. The van der Waals surface area contributed by atoms with Crippen molar-refractivity contribution >= 4 is 35.4 Å². The zero-order valence-electron chi connectivity index (χ0n) is 13.9. The number of carbonyl (C=O) groups excluding carboxylic acids is 2. The minimum absolute atomic E-state index is 0.102. The topological polar surface area (TPSA) is 55.4 Å². The molecule has 1 aliphatic rings. The Hall–Kier alpha value is -1.92. The predicted octanol–water partition coefficient (Wildman–Crippen LogP) is 3.88. The van der Waals surface area contributed by atoms with Crippen LogP contribution in [0.1, 0.15) is 36.4 Å². The molecule has 0 spiro atoms. The van der Waals surface area contributed by atoms with E-state index in [1.54, 1.807) is 12.1 Å². The van der Waals surface area contributed by atoms with Gasteiger partial charge in [0.15, 0.2) is 0 Å². The van der Waals surface area contributed by atoms with E-state index < -0.39 is 0 Å². The van der Waals surface area contributed by atoms with E-state index in [4.69, 9.17) is 0 Å². The first-order valence-corrected chi connectivity index (χ1v) is 10.1. The maximum Gasteiger partial charge on any atom is 0.337 e. The summed E-state index contributed by atoms with van der Waals surface area (Å²) in [5.74, 6) is 1.91. The second-order valence-electron chi connectivity index (χ2n) is 5.57. The summed E-state index contributed by atoms with van der Waals surface area (Å²) < 4.78 is 5.16. The Bertz CT molecular complexity index is 738. The number of methoxy groups -OCH3 is 1. The molecule has 1 saturated heterocycles. The number of rotatable bonds is 5. The van der Waals surface area contributed by atoms with Gasteiger partial charge in [-0.25, -0.2) is 4.79 Å². The maximum absolute atomic E-state index is 12.3. The third-order valence-electron chi connectivity index (χ3n) is 3.89. The SMILES string of the molecule is COC(=O)c1ccc(CNC(=O)c2ccc(C3SCCS3)cc2)cc1. The van der Waals surface area contributed by atoms with Crippen LogP contribution in [0.3, 0.4) is 0 Å². The molecular weight excluding hydrogens is 354 g/mol. The highest BCUT2D eigenvalue weighted by Gasteiger charge is 2.18. The van der Waals surface area contributed by atoms with E-state index in [0.717, 1.165) is 5.56 Å². The predicted molar refractivity (Wildman–Crippen MR) is 103 cm³/mol. The van der Waals surface area contributed by atoms with Crippen LogP contribution in [0.25, 0.3) is 0 Å². The van der Waals surface area contributed by atoms with E-state index >= 15 is 0 Å². The summed E-state index contributed by atoms with van der Waals surface area (Å²) >= 11 is 3.90. The molecule has 0 aromatic heterocycles. The minimum Gasteiger partial charge on any atom is -0.465 e. The van der Waals surface area contributed by atoms with Crippen LogP contribution >= 0.6 is 23.5 Å². The number of esters is 1. The molecule has 2 aromatic carbocycles. The van der Waals surface area contributed by atoms with Gasteiger partial charge in [-0.1, -0.05) is 24.3 Å². The lowest BCUT2D eigenvalue weighted by Crippen LogP contribution is -2.22. The van der Waals surface area contributed by atoms with Gasteiger partial charge in [-0.2, -0.15) is 0 Å². The summed E-state index contributed by atoms with van der Waals surface area (Å²) in [5, 5.41) is 2.90. The third kappa shape index (κ3) is 4.58. The lowest BCUT2D eigenvalue weighted by molar-refractivity contribution is 0.0600. The lowest BCUT2D eigenvalue weighted by atomic mass is 10.1. The van der Waals surface area contributed by atoms with Gasteiger partial charge >= 0.3 is 5.97 Å². The molecule has 0 aliphatic carbocycles. The lowest BCUT2D eigenvalue weighted by Gasteiger charge is -2.10. The van der Waals surface area contributed by atoms with Gasteiger partial charge in [-0.05, 0) is 35.4 Å². The molecule has 1 fully saturated rings. The van der Waals surface area contributed by atoms with E-state index in [-0.39, 0.29) is 11.9 Å². The summed E-state index contributed by atoms with van der Waals surface area (Å²) in [5.41, 5.74) is 3.34. The van der Waals surface area contributed by atoms with Crippen molar-refractivity contribution in [3.8, 4) is 0 Å². The fraction of sp³-hybridized carbons (Fsp3) is 0.263. The average Bonchev–Trinajstić information content (AvgIpc) is 3.21. The number of hydrogen-bond donors (Lipinski definition) is 1. The summed E-state index contributed by atoms with van der Waals surface area (Å²) in [7, 11) is 1.35. The van der Waals surface area contributed by atoms with Crippen molar-refractivity contribution in [2.75, 3.05) is 18.6 Å². The zero-order valence-corrected chi connectivity index (χ0v) is 15.5. The van der Waals surface area contributed by atoms with Crippen molar-refractivity contribution in [3.63, 3.8) is 0 Å². The van der Waals surface area contributed by atoms with Gasteiger partial charge in [0.05, 0.1) is 17.3 Å². The number of carbonyl (C=O) groups is 2. The molecule has 1 aliphatic heterocycles. The van der Waals surface area contributed by atoms with E-state index in [2.05, 4.69) is 10.1 Å². The van der Waals surface area contributed by atoms with Crippen molar-refractivity contribution in [3.05, 3.63) is 70.8 Å². The van der Waals surface area contributed by atoms with Gasteiger partial charge in [0.1, 0.15) is 0 Å². The number of ether oxygens (including phenoxy) is 1. The van der Waals surface area contributed by atoms with E-state index in [9.17, 15) is 9.59 Å². The second kappa shape index (κ2) is 8.45. The Morgan fingerprint density at radius 1 is 1.00 bits per heavy atom. The fourth-order valence-electron chi connectivity index (χ4n) is 2.50. The highest BCUT2D eigenvalue weighted by Crippen LogP contribution is 2.45. The molecular formula is C19H19NO3S2. The number of thioether (sulfide) groups is 2. The van der Waals surface area contributed by atoms with Gasteiger partial charge in [0.25, 0.3) is 5.91 Å². The van der Waals surface area contributed by atoms with Crippen LogP contribution in [-0.2, 0) is 11.3 Å². The molecule has 1 heterocycles. The third-order valence-corrected chi connectivity index (χ3v) is 7.00. The number of benzene rings is 2. The summed E-state index contributed by atoms with van der Waals surface area (Å²) in [6, 6.07) is 14.8. The Balaban J connectivity index is 1.56. The first-order valence-electron chi connectivity index (χ1n) is 7.96. The van der Waals surface area contributed by atoms with Crippen LogP contribution in [0.4, 0.5) is 0 Å². The quantitative estimate of drug-likeness (QED) is 0.806. The highest BCUT2D eigenvalue weighted by atomic mass is 32.2. The molecule has 3 rings (SSSR count). The van der Waals surface area contributed by atoms with Gasteiger partial charge in [0, 0.05) is 23.6 Å². The fourth-order valence-corrected chi connectivity index (χ4v) is 5.36. The monoisotopic (exact) mass is 373 g/mol. The molecule has 0 bridgehead atoms. The summed E-state index contributed by atoms with van der Waals surface area (Å²) in [4.78, 5) is 23.7. The van der Waals surface area contributed by atoms with E-state index in [0.29, 0.717) is 22.3 Å². The molecule has 1 amide bonds. The normalized spacial score (nSPS) is 14.3. The smallest absolute Gasteiger partial charge is 0.337 e. The van der Waals surface area contributed by atoms with E-state index in [1.165, 1.54) is 24.2 Å². The first-order chi connectivity index (χ1) is 12.2. The van der Waals surface area contributed by atoms with Crippen LogP contribution in [0.2, 0.25) is 0 Å². The maximum atomic E-state index is 12.3. The molecule has 4 nitrogen and oxygen atoms in total. The molecule has 1 N–H and O–H groups in total. The number of nitrogens with one attached hydrogen (secondary N) is 1. The summed E-state index contributed by atoms with van der Waals surface area (Å²) in [6.45, 7) is 0.413. The zero-order chi connectivity index (χ0) is 17.6. The molecule has 25 heavy (non-hydrogen) atoms. The molecule has 0 unspecified atom stereocenters. The Kier molecular flexibility index (Phi) is 6.04. The van der Waals surface area contributed by atoms with Gasteiger partial charge in [0.2, 0.25) is 0 Å². The van der Waals surface area contributed by atoms with E-state index in [1.807, 2.05) is 59.9 Å². The van der Waals surface area contributed by atoms with Crippen molar-refractivity contribution in [2.45, 2.75) is 11.1 Å². The molecule has 0 radical (unpaired) electrons. The molecule has 0 atom stereocenters. The van der Waals surface area contributed by atoms with Crippen molar-refractivity contribution in [2.24, 2.45) is 0 Å². The number of hydrogen-bond acceptors (Lipinski definition) is 5. The van der Waals surface area contributed by atoms with Gasteiger partial charge in [-0.3, -0.25) is 4.79 Å². The standard InChI is InChI=1S/C19H19NO3S2/c1-23-18(22)15-4-2-13(3-5-15)12-20-17(21)14-6-8-16(9-7-14)19-24-10-11-25-19/h2-9,19H,10-12H2,1H3,(H,20,21). The summed E-state index contributed by atoms with van der Waals surface area (Å²) in [6.07, 6.45) is 0. The minimum atomic E-state index is -0.366. The largest absolute Gasteiger partial charge is 0.465 e.